The number of halogens is 5. The molecule has 0 aromatic heterocycles. The Balaban J connectivity index is 2.31. The van der Waals surface area contributed by atoms with Crippen molar-refractivity contribution >= 4 is 8.80 Å². The quantitative estimate of drug-likeness (QED) is 0.200. The highest BCUT2D eigenvalue weighted by Gasteiger charge is 2.33. The number of hydrogen-bond donors (Lipinski definition) is 1. The molecule has 0 saturated heterocycles. The molecule has 1 aromatic rings. The van der Waals surface area contributed by atoms with Crippen molar-refractivity contribution in [3.05, 3.63) is 34.6 Å². The second-order valence-electron chi connectivity index (χ2n) is 5.79. The average molecular weight is 386 g/mol. The Hall–Kier alpha value is -1.03. The third kappa shape index (κ3) is 6.02. The molecule has 1 N–H and O–H groups in total. The summed E-state index contributed by atoms with van der Waals surface area (Å²) < 4.78 is 76.0. The number of rotatable bonds is 11. The molecule has 0 fully saturated rings. The molecule has 0 radical (unpaired) electrons. The third-order valence-corrected chi connectivity index (χ3v) is 6.37. The molecule has 1 aromatic carbocycles. The molecular formula is C16H23F5O3Si. The van der Waals surface area contributed by atoms with E-state index in [9.17, 15) is 26.7 Å². The summed E-state index contributed by atoms with van der Waals surface area (Å²) in [6, 6.07) is 0.449. The van der Waals surface area contributed by atoms with Crippen LogP contribution >= 0.6 is 0 Å². The first-order valence-electron chi connectivity index (χ1n) is 8.10. The van der Waals surface area contributed by atoms with Gasteiger partial charge in [-0.05, 0) is 19.3 Å². The monoisotopic (exact) mass is 386 g/mol. The first-order valence-corrected chi connectivity index (χ1v) is 10.1. The molecule has 0 spiro atoms. The van der Waals surface area contributed by atoms with Gasteiger partial charge in [-0.15, -0.1) is 0 Å². The van der Waals surface area contributed by atoms with Crippen molar-refractivity contribution in [1.82, 2.24) is 0 Å². The zero-order chi connectivity index (χ0) is 19.0. The summed E-state index contributed by atoms with van der Waals surface area (Å²) in [6.45, 7) is 0. The van der Waals surface area contributed by atoms with Crippen LogP contribution in [-0.2, 0) is 15.3 Å². The van der Waals surface area contributed by atoms with Gasteiger partial charge in [-0.1, -0.05) is 25.7 Å². The molecule has 0 atom stereocenters. The van der Waals surface area contributed by atoms with E-state index in [4.69, 9.17) is 8.85 Å². The molecule has 0 bridgehead atoms. The minimum Gasteiger partial charge on any atom is -0.390 e. The Morgan fingerprint density at radius 3 is 1.56 bits per heavy atom. The van der Waals surface area contributed by atoms with E-state index in [2.05, 4.69) is 0 Å². The van der Waals surface area contributed by atoms with Crippen molar-refractivity contribution in [1.29, 1.82) is 0 Å². The lowest BCUT2D eigenvalue weighted by Crippen LogP contribution is -2.39. The van der Waals surface area contributed by atoms with Gasteiger partial charge < -0.3 is 13.6 Å². The van der Waals surface area contributed by atoms with Gasteiger partial charge in [0.05, 0.1) is 0 Å². The van der Waals surface area contributed by atoms with E-state index in [0.29, 0.717) is 18.9 Å². The summed E-state index contributed by atoms with van der Waals surface area (Å²) >= 11 is 0. The predicted molar refractivity (Wildman–Crippen MR) is 84.4 cm³/mol. The Bertz CT molecular complexity index is 538. The lowest BCUT2D eigenvalue weighted by atomic mass is 10.0. The summed E-state index contributed by atoms with van der Waals surface area (Å²) in [5.41, 5.74) is -0.757. The van der Waals surface area contributed by atoms with Crippen LogP contribution in [-0.4, -0.2) is 27.8 Å². The summed E-state index contributed by atoms with van der Waals surface area (Å²) in [6.07, 6.45) is 3.87. The molecule has 0 aliphatic carbocycles. The minimum absolute atomic E-state index is 0.203. The van der Waals surface area contributed by atoms with Gasteiger partial charge >= 0.3 is 8.80 Å². The molecule has 25 heavy (non-hydrogen) atoms. The maximum Gasteiger partial charge on any atom is 0.497 e. The first-order chi connectivity index (χ1) is 11.8. The smallest absolute Gasteiger partial charge is 0.390 e. The molecule has 0 unspecified atom stereocenters. The van der Waals surface area contributed by atoms with Crippen LogP contribution in [0.4, 0.5) is 22.0 Å². The molecule has 0 amide bonds. The van der Waals surface area contributed by atoms with Crippen LogP contribution in [0.15, 0.2) is 0 Å². The highest BCUT2D eigenvalue weighted by molar-refractivity contribution is 6.59. The van der Waals surface area contributed by atoms with Crippen LogP contribution in [0.5, 0.6) is 0 Å². The maximum absolute atomic E-state index is 13.5. The topological polar surface area (TPSA) is 38.7 Å². The van der Waals surface area contributed by atoms with Crippen LogP contribution in [0.1, 0.15) is 44.1 Å². The van der Waals surface area contributed by atoms with Crippen LogP contribution in [0.3, 0.4) is 0 Å². The van der Waals surface area contributed by atoms with Gasteiger partial charge in [0.1, 0.15) is 0 Å². The van der Waals surface area contributed by atoms with Gasteiger partial charge in [0.2, 0.25) is 5.82 Å². The standard InChI is InChI=1S/C16H23F5O3Si/c1-23-25(22,24-2)10-8-6-4-3-5-7-9-11-12(17)14(19)16(21)15(20)13(11)18/h22H,3-10H2,1-2H3. The SMILES string of the molecule is CO[Si](O)(CCCCCCCCc1c(F)c(F)c(F)c(F)c1F)OC. The van der Waals surface area contributed by atoms with Gasteiger partial charge in [0, 0.05) is 25.8 Å². The largest absolute Gasteiger partial charge is 0.497 e. The van der Waals surface area contributed by atoms with E-state index in [-0.39, 0.29) is 6.42 Å². The van der Waals surface area contributed by atoms with Crippen LogP contribution in [0.25, 0.3) is 0 Å². The zero-order valence-corrected chi connectivity index (χ0v) is 15.3. The Morgan fingerprint density at radius 2 is 1.08 bits per heavy atom. The van der Waals surface area contributed by atoms with Gasteiger partial charge in [0.25, 0.3) is 0 Å². The lowest BCUT2D eigenvalue weighted by molar-refractivity contribution is 0.150. The fraction of sp³-hybridized carbons (Fsp3) is 0.625. The normalized spacial score (nSPS) is 12.0. The second-order valence-corrected chi connectivity index (χ2v) is 8.53. The third-order valence-electron chi connectivity index (χ3n) is 4.11. The van der Waals surface area contributed by atoms with E-state index in [1.54, 1.807) is 0 Å². The fourth-order valence-electron chi connectivity index (χ4n) is 2.51. The Kier molecular flexibility index (Phi) is 8.98. The summed E-state index contributed by atoms with van der Waals surface area (Å²) in [5, 5.41) is 0. The van der Waals surface area contributed by atoms with Crippen LogP contribution < -0.4 is 0 Å². The number of unbranched alkanes of at least 4 members (excludes halogenated alkanes) is 5. The van der Waals surface area contributed by atoms with Crippen LogP contribution in [0.2, 0.25) is 6.04 Å². The van der Waals surface area contributed by atoms with Gasteiger partial charge in [-0.3, -0.25) is 0 Å². The summed E-state index contributed by atoms with van der Waals surface area (Å²) in [7, 11) is -0.234. The molecule has 0 heterocycles. The molecule has 0 aliphatic rings. The van der Waals surface area contributed by atoms with Crippen molar-refractivity contribution in [2.45, 2.75) is 51.0 Å². The van der Waals surface area contributed by atoms with Gasteiger partial charge in [0.15, 0.2) is 23.3 Å². The lowest BCUT2D eigenvalue weighted by Gasteiger charge is -2.19. The molecule has 3 nitrogen and oxygen atoms in total. The molecule has 1 rings (SSSR count). The fourth-order valence-corrected chi connectivity index (χ4v) is 3.79. The van der Waals surface area contributed by atoms with E-state index in [1.165, 1.54) is 14.2 Å². The molecule has 9 heteroatoms. The van der Waals surface area contributed by atoms with Crippen molar-refractivity contribution in [2.24, 2.45) is 0 Å². The van der Waals surface area contributed by atoms with E-state index < -0.39 is 43.5 Å². The van der Waals surface area contributed by atoms with Crippen molar-refractivity contribution in [2.75, 3.05) is 14.2 Å². The van der Waals surface area contributed by atoms with E-state index in [0.717, 1.165) is 25.7 Å². The van der Waals surface area contributed by atoms with Crippen molar-refractivity contribution in [3.63, 3.8) is 0 Å². The van der Waals surface area contributed by atoms with Crippen molar-refractivity contribution in [3.8, 4) is 0 Å². The summed E-state index contributed by atoms with van der Waals surface area (Å²) in [5.74, 6) is -9.43. The van der Waals surface area contributed by atoms with Crippen molar-refractivity contribution < 1.29 is 35.6 Å². The zero-order valence-electron chi connectivity index (χ0n) is 14.3. The van der Waals surface area contributed by atoms with E-state index in [1.807, 2.05) is 0 Å². The molecular weight excluding hydrogens is 363 g/mol. The minimum atomic E-state index is -3.03. The van der Waals surface area contributed by atoms with Crippen LogP contribution in [0, 0.1) is 29.1 Å². The Morgan fingerprint density at radius 1 is 0.680 bits per heavy atom. The highest BCUT2D eigenvalue weighted by atomic mass is 28.4. The molecule has 0 aliphatic heterocycles. The van der Waals surface area contributed by atoms with E-state index >= 15 is 0 Å². The predicted octanol–water partition coefficient (Wildman–Crippen LogP) is 4.49. The average Bonchev–Trinajstić information content (AvgIpc) is 2.62. The number of hydrogen-bond acceptors (Lipinski definition) is 3. The van der Waals surface area contributed by atoms with Gasteiger partial charge in [-0.2, -0.15) is 0 Å². The first kappa shape index (κ1) is 22.0. The Labute approximate surface area is 145 Å². The van der Waals surface area contributed by atoms with Gasteiger partial charge in [-0.25, -0.2) is 22.0 Å². The molecule has 0 saturated carbocycles. The highest BCUT2D eigenvalue weighted by Crippen LogP contribution is 2.24. The summed E-state index contributed by atoms with van der Waals surface area (Å²) in [4.78, 5) is 9.85. The number of benzene rings is 1. The maximum atomic E-state index is 13.5. The molecule has 144 valence electrons. The second kappa shape index (κ2) is 10.2.